The molecule has 0 radical (unpaired) electrons. The lowest BCUT2D eigenvalue weighted by molar-refractivity contribution is -0.134. The molecule has 1 atom stereocenters. The average molecular weight is 207 g/mol. The highest BCUT2D eigenvalue weighted by Crippen LogP contribution is 2.29. The summed E-state index contributed by atoms with van der Waals surface area (Å²) >= 11 is 0. The number of rotatable bonds is 1. The molecule has 2 rings (SSSR count). The zero-order valence-electron chi connectivity index (χ0n) is 8.79. The highest BCUT2D eigenvalue weighted by Gasteiger charge is 2.30. The van der Waals surface area contributed by atoms with Gasteiger partial charge < -0.3 is 4.42 Å². The highest BCUT2D eigenvalue weighted by molar-refractivity contribution is 6.01. The van der Waals surface area contributed by atoms with Crippen molar-refractivity contribution in [2.75, 3.05) is 0 Å². The molecule has 0 saturated carbocycles. The molecule has 1 aromatic heterocycles. The Kier molecular flexibility index (Phi) is 2.34. The van der Waals surface area contributed by atoms with E-state index in [9.17, 15) is 9.59 Å². The van der Waals surface area contributed by atoms with Crippen LogP contribution in [-0.2, 0) is 9.59 Å². The van der Waals surface area contributed by atoms with Gasteiger partial charge in [0.25, 0.3) is 0 Å². The Bertz CT molecular complexity index is 419. The molecule has 0 bridgehead atoms. The standard InChI is InChI=1S/C11H13NO3/c1-6-7(2)15-5-9(6)8-3-4-10(13)12-11(8)14/h5,8H,3-4H2,1-2H3,(H,12,13,14). The van der Waals surface area contributed by atoms with Crippen LogP contribution in [0.15, 0.2) is 10.7 Å². The maximum Gasteiger partial charge on any atom is 0.234 e. The van der Waals surface area contributed by atoms with Crippen LogP contribution in [-0.4, -0.2) is 11.8 Å². The smallest absolute Gasteiger partial charge is 0.234 e. The minimum Gasteiger partial charge on any atom is -0.469 e. The third kappa shape index (κ3) is 1.67. The van der Waals surface area contributed by atoms with Crippen LogP contribution in [0.25, 0.3) is 0 Å². The number of furan rings is 1. The van der Waals surface area contributed by atoms with Gasteiger partial charge in [-0.25, -0.2) is 0 Å². The fourth-order valence-electron chi connectivity index (χ4n) is 1.87. The van der Waals surface area contributed by atoms with Gasteiger partial charge in [0.05, 0.1) is 12.2 Å². The van der Waals surface area contributed by atoms with E-state index in [0.717, 1.165) is 16.9 Å². The van der Waals surface area contributed by atoms with Gasteiger partial charge in [-0.3, -0.25) is 14.9 Å². The molecule has 0 aromatic carbocycles. The molecule has 1 saturated heterocycles. The topological polar surface area (TPSA) is 59.3 Å². The molecular formula is C11H13NO3. The first-order chi connectivity index (χ1) is 7.09. The van der Waals surface area contributed by atoms with E-state index in [1.807, 2.05) is 13.8 Å². The Morgan fingerprint density at radius 2 is 2.13 bits per heavy atom. The zero-order chi connectivity index (χ0) is 11.0. The van der Waals surface area contributed by atoms with Gasteiger partial charge in [0.2, 0.25) is 11.8 Å². The SMILES string of the molecule is Cc1occ(C2CCC(=O)NC2=O)c1C. The molecule has 0 aliphatic carbocycles. The predicted octanol–water partition coefficient (Wildman–Crippen LogP) is 1.42. The Morgan fingerprint density at radius 1 is 1.40 bits per heavy atom. The number of aryl methyl sites for hydroxylation is 1. The van der Waals surface area contributed by atoms with E-state index in [1.54, 1.807) is 6.26 Å². The lowest BCUT2D eigenvalue weighted by Crippen LogP contribution is -2.39. The number of hydrogen-bond donors (Lipinski definition) is 1. The lowest BCUT2D eigenvalue weighted by atomic mass is 9.90. The second-order valence-electron chi connectivity index (χ2n) is 3.88. The third-order valence-corrected chi connectivity index (χ3v) is 2.94. The van der Waals surface area contributed by atoms with E-state index < -0.39 is 0 Å². The molecular weight excluding hydrogens is 194 g/mol. The van der Waals surface area contributed by atoms with Crippen molar-refractivity contribution in [1.82, 2.24) is 5.32 Å². The van der Waals surface area contributed by atoms with Gasteiger partial charge in [-0.1, -0.05) is 0 Å². The number of amides is 2. The van der Waals surface area contributed by atoms with Crippen molar-refractivity contribution in [2.45, 2.75) is 32.6 Å². The summed E-state index contributed by atoms with van der Waals surface area (Å²) in [6, 6.07) is 0. The van der Waals surface area contributed by atoms with Gasteiger partial charge in [0, 0.05) is 12.0 Å². The molecule has 1 unspecified atom stereocenters. The maximum atomic E-state index is 11.6. The number of imide groups is 1. The first-order valence-electron chi connectivity index (χ1n) is 4.98. The number of carbonyl (C=O) groups is 2. The van der Waals surface area contributed by atoms with E-state index >= 15 is 0 Å². The Hall–Kier alpha value is -1.58. The van der Waals surface area contributed by atoms with Crippen molar-refractivity contribution >= 4 is 11.8 Å². The van der Waals surface area contributed by atoms with Crippen LogP contribution in [0.5, 0.6) is 0 Å². The molecule has 1 aliphatic heterocycles. The Balaban J connectivity index is 2.28. The molecule has 0 spiro atoms. The minimum atomic E-state index is -0.236. The largest absolute Gasteiger partial charge is 0.469 e. The quantitative estimate of drug-likeness (QED) is 0.708. The summed E-state index contributed by atoms with van der Waals surface area (Å²) in [6.07, 6.45) is 2.59. The van der Waals surface area contributed by atoms with Gasteiger partial charge >= 0.3 is 0 Å². The molecule has 4 nitrogen and oxygen atoms in total. The highest BCUT2D eigenvalue weighted by atomic mass is 16.3. The normalized spacial score (nSPS) is 21.6. The average Bonchev–Trinajstić information content (AvgIpc) is 2.49. The van der Waals surface area contributed by atoms with Crippen molar-refractivity contribution in [3.63, 3.8) is 0 Å². The second-order valence-corrected chi connectivity index (χ2v) is 3.88. The van der Waals surface area contributed by atoms with Crippen LogP contribution in [0.4, 0.5) is 0 Å². The summed E-state index contributed by atoms with van der Waals surface area (Å²) in [7, 11) is 0. The van der Waals surface area contributed by atoms with E-state index in [-0.39, 0.29) is 17.7 Å². The van der Waals surface area contributed by atoms with Crippen LogP contribution >= 0.6 is 0 Å². The summed E-state index contributed by atoms with van der Waals surface area (Å²) in [6.45, 7) is 3.79. The van der Waals surface area contributed by atoms with Crippen molar-refractivity contribution < 1.29 is 14.0 Å². The molecule has 15 heavy (non-hydrogen) atoms. The number of nitrogens with one attached hydrogen (secondary N) is 1. The molecule has 1 fully saturated rings. The fraction of sp³-hybridized carbons (Fsp3) is 0.455. The molecule has 4 heteroatoms. The zero-order valence-corrected chi connectivity index (χ0v) is 8.79. The van der Waals surface area contributed by atoms with Gasteiger partial charge in [0.1, 0.15) is 5.76 Å². The van der Waals surface area contributed by atoms with Gasteiger partial charge in [-0.15, -0.1) is 0 Å². The Morgan fingerprint density at radius 3 is 2.67 bits per heavy atom. The Labute approximate surface area is 87.6 Å². The van der Waals surface area contributed by atoms with Gasteiger partial charge in [-0.2, -0.15) is 0 Å². The molecule has 1 aromatic rings. The van der Waals surface area contributed by atoms with Crippen molar-refractivity contribution in [1.29, 1.82) is 0 Å². The molecule has 80 valence electrons. The summed E-state index contributed by atoms with van der Waals surface area (Å²) in [4.78, 5) is 22.6. The lowest BCUT2D eigenvalue weighted by Gasteiger charge is -2.20. The first-order valence-corrected chi connectivity index (χ1v) is 4.98. The third-order valence-electron chi connectivity index (χ3n) is 2.94. The molecule has 1 N–H and O–H groups in total. The van der Waals surface area contributed by atoms with Gasteiger partial charge in [-0.05, 0) is 25.8 Å². The molecule has 2 heterocycles. The number of piperidine rings is 1. The fourth-order valence-corrected chi connectivity index (χ4v) is 1.87. The second kappa shape index (κ2) is 3.53. The first kappa shape index (κ1) is 9.96. The van der Waals surface area contributed by atoms with Crippen LogP contribution in [0, 0.1) is 13.8 Å². The van der Waals surface area contributed by atoms with Crippen LogP contribution in [0.3, 0.4) is 0 Å². The summed E-state index contributed by atoms with van der Waals surface area (Å²) < 4.78 is 5.26. The molecule has 1 aliphatic rings. The number of hydrogen-bond acceptors (Lipinski definition) is 3. The van der Waals surface area contributed by atoms with E-state index in [0.29, 0.717) is 12.8 Å². The summed E-state index contributed by atoms with van der Waals surface area (Å²) in [5, 5.41) is 2.34. The van der Waals surface area contributed by atoms with E-state index in [2.05, 4.69) is 5.32 Å². The van der Waals surface area contributed by atoms with Crippen LogP contribution in [0.1, 0.15) is 35.6 Å². The van der Waals surface area contributed by atoms with Gasteiger partial charge in [0.15, 0.2) is 0 Å². The summed E-state index contributed by atoms with van der Waals surface area (Å²) in [5.74, 6) is 0.194. The number of carbonyl (C=O) groups excluding carboxylic acids is 2. The van der Waals surface area contributed by atoms with Crippen molar-refractivity contribution in [3.05, 3.63) is 23.2 Å². The maximum absolute atomic E-state index is 11.6. The molecule has 2 amide bonds. The van der Waals surface area contributed by atoms with Crippen LogP contribution in [0.2, 0.25) is 0 Å². The summed E-state index contributed by atoms with van der Waals surface area (Å²) in [5.41, 5.74) is 1.90. The van der Waals surface area contributed by atoms with Crippen molar-refractivity contribution in [2.24, 2.45) is 0 Å². The minimum absolute atomic E-state index is 0.186. The van der Waals surface area contributed by atoms with E-state index in [1.165, 1.54) is 0 Å². The van der Waals surface area contributed by atoms with E-state index in [4.69, 9.17) is 4.42 Å². The van der Waals surface area contributed by atoms with Crippen LogP contribution < -0.4 is 5.32 Å². The predicted molar refractivity (Wildman–Crippen MR) is 53.3 cm³/mol. The monoisotopic (exact) mass is 207 g/mol. The van der Waals surface area contributed by atoms with Crippen molar-refractivity contribution in [3.8, 4) is 0 Å².